The van der Waals surface area contributed by atoms with E-state index in [-0.39, 0.29) is 5.54 Å². The fourth-order valence-corrected chi connectivity index (χ4v) is 3.68. The number of nitrogens with one attached hydrogen (secondary N) is 1. The van der Waals surface area contributed by atoms with Gasteiger partial charge in [0.05, 0.1) is 12.2 Å². The van der Waals surface area contributed by atoms with E-state index in [4.69, 9.17) is 4.74 Å². The molecule has 1 heterocycles. The molecule has 114 valence electrons. The van der Waals surface area contributed by atoms with Crippen molar-refractivity contribution in [1.29, 1.82) is 5.26 Å². The standard InChI is InChI=1S/C16H29N3O/c1-3-18-16(13-17)9-6-7-14(11-16)19(2)12-15-8-4-5-10-20-15/h14-15,18H,3-12H2,1-2H3. The maximum absolute atomic E-state index is 9.54. The molecule has 2 aliphatic rings. The van der Waals surface area contributed by atoms with Gasteiger partial charge in [-0.3, -0.25) is 5.32 Å². The van der Waals surface area contributed by atoms with Crippen molar-refractivity contribution in [2.24, 2.45) is 0 Å². The van der Waals surface area contributed by atoms with Gasteiger partial charge >= 0.3 is 0 Å². The maximum atomic E-state index is 9.54. The van der Waals surface area contributed by atoms with E-state index >= 15 is 0 Å². The molecule has 2 fully saturated rings. The Morgan fingerprint density at radius 2 is 2.20 bits per heavy atom. The number of rotatable bonds is 5. The summed E-state index contributed by atoms with van der Waals surface area (Å²) in [5.74, 6) is 0. The average Bonchev–Trinajstić information content (AvgIpc) is 2.49. The number of nitrogens with zero attached hydrogens (tertiary/aromatic N) is 2. The Labute approximate surface area is 123 Å². The molecule has 1 aliphatic heterocycles. The lowest BCUT2D eigenvalue weighted by Crippen LogP contribution is -2.53. The van der Waals surface area contributed by atoms with Crippen LogP contribution in [-0.4, -0.2) is 49.3 Å². The van der Waals surface area contributed by atoms with Crippen LogP contribution in [0.3, 0.4) is 0 Å². The minimum absolute atomic E-state index is 0.306. The zero-order valence-corrected chi connectivity index (χ0v) is 13.0. The van der Waals surface area contributed by atoms with Crippen molar-refractivity contribution in [3.05, 3.63) is 0 Å². The average molecular weight is 279 g/mol. The third-order valence-corrected chi connectivity index (χ3v) is 4.84. The Hall–Kier alpha value is -0.630. The van der Waals surface area contributed by atoms with Crippen molar-refractivity contribution in [3.8, 4) is 6.07 Å². The van der Waals surface area contributed by atoms with Gasteiger partial charge in [-0.2, -0.15) is 5.26 Å². The van der Waals surface area contributed by atoms with Crippen molar-refractivity contribution in [3.63, 3.8) is 0 Å². The van der Waals surface area contributed by atoms with Crippen LogP contribution in [-0.2, 0) is 4.74 Å². The fourth-order valence-electron chi connectivity index (χ4n) is 3.68. The summed E-state index contributed by atoms with van der Waals surface area (Å²) in [6.45, 7) is 4.89. The second-order valence-electron chi connectivity index (χ2n) is 6.40. The number of hydrogen-bond donors (Lipinski definition) is 1. The Kier molecular flexibility index (Phi) is 5.83. The van der Waals surface area contributed by atoms with Gasteiger partial charge < -0.3 is 9.64 Å². The predicted molar refractivity (Wildman–Crippen MR) is 80.5 cm³/mol. The van der Waals surface area contributed by atoms with Crippen molar-refractivity contribution >= 4 is 0 Å². The molecule has 20 heavy (non-hydrogen) atoms. The van der Waals surface area contributed by atoms with Gasteiger partial charge in [0.25, 0.3) is 0 Å². The molecule has 4 nitrogen and oxygen atoms in total. The normalized spacial score (nSPS) is 34.9. The molecule has 1 aliphatic carbocycles. The number of likely N-dealkylation sites (N-methyl/N-ethyl adjacent to an activating group) is 1. The van der Waals surface area contributed by atoms with E-state index in [0.717, 1.165) is 39.0 Å². The van der Waals surface area contributed by atoms with Gasteiger partial charge in [0.2, 0.25) is 0 Å². The summed E-state index contributed by atoms with van der Waals surface area (Å²) in [5.41, 5.74) is -0.306. The van der Waals surface area contributed by atoms with Crippen LogP contribution in [0.15, 0.2) is 0 Å². The van der Waals surface area contributed by atoms with Crippen molar-refractivity contribution in [2.75, 3.05) is 26.7 Å². The van der Waals surface area contributed by atoms with Gasteiger partial charge in [0.1, 0.15) is 5.54 Å². The number of ether oxygens (including phenoxy) is 1. The molecule has 0 bridgehead atoms. The first-order chi connectivity index (χ1) is 9.69. The molecular formula is C16H29N3O. The molecule has 0 aromatic heterocycles. The minimum Gasteiger partial charge on any atom is -0.377 e. The summed E-state index contributed by atoms with van der Waals surface area (Å²) < 4.78 is 5.84. The lowest BCUT2D eigenvalue weighted by molar-refractivity contribution is -0.0133. The van der Waals surface area contributed by atoms with Crippen LogP contribution in [0.2, 0.25) is 0 Å². The number of hydrogen-bond acceptors (Lipinski definition) is 4. The van der Waals surface area contributed by atoms with Crippen molar-refractivity contribution < 1.29 is 4.74 Å². The number of nitriles is 1. The highest BCUT2D eigenvalue weighted by Crippen LogP contribution is 2.31. The first kappa shape index (κ1) is 15.8. The van der Waals surface area contributed by atoms with E-state index in [0.29, 0.717) is 12.1 Å². The molecule has 4 heteroatoms. The molecule has 0 aromatic rings. The topological polar surface area (TPSA) is 48.3 Å². The van der Waals surface area contributed by atoms with Gasteiger partial charge in [0, 0.05) is 19.2 Å². The van der Waals surface area contributed by atoms with Crippen LogP contribution >= 0.6 is 0 Å². The van der Waals surface area contributed by atoms with Gasteiger partial charge in [-0.15, -0.1) is 0 Å². The molecule has 0 amide bonds. The quantitative estimate of drug-likeness (QED) is 0.839. The smallest absolute Gasteiger partial charge is 0.108 e. The molecule has 0 spiro atoms. The Balaban J connectivity index is 1.88. The van der Waals surface area contributed by atoms with Crippen LogP contribution in [0, 0.1) is 11.3 Å². The first-order valence-corrected chi connectivity index (χ1v) is 8.17. The predicted octanol–water partition coefficient (Wildman–Crippen LogP) is 2.30. The highest BCUT2D eigenvalue weighted by atomic mass is 16.5. The summed E-state index contributed by atoms with van der Waals surface area (Å²) in [6.07, 6.45) is 8.37. The summed E-state index contributed by atoms with van der Waals surface area (Å²) in [6, 6.07) is 3.05. The van der Waals surface area contributed by atoms with Crippen LogP contribution in [0.5, 0.6) is 0 Å². The fraction of sp³-hybridized carbons (Fsp3) is 0.938. The van der Waals surface area contributed by atoms with E-state index in [2.05, 4.69) is 30.3 Å². The highest BCUT2D eigenvalue weighted by molar-refractivity contribution is 5.11. The maximum Gasteiger partial charge on any atom is 0.108 e. The zero-order chi connectivity index (χ0) is 14.4. The highest BCUT2D eigenvalue weighted by Gasteiger charge is 2.37. The Bertz CT molecular complexity index is 331. The Morgan fingerprint density at radius 1 is 1.35 bits per heavy atom. The summed E-state index contributed by atoms with van der Waals surface area (Å²) >= 11 is 0. The Morgan fingerprint density at radius 3 is 2.85 bits per heavy atom. The van der Waals surface area contributed by atoms with Crippen LogP contribution in [0.1, 0.15) is 51.9 Å². The van der Waals surface area contributed by atoms with Gasteiger partial charge in [-0.25, -0.2) is 0 Å². The molecule has 0 aromatic carbocycles. The molecule has 1 saturated heterocycles. The van der Waals surface area contributed by atoms with E-state index in [1.165, 1.54) is 25.7 Å². The van der Waals surface area contributed by atoms with Crippen LogP contribution < -0.4 is 5.32 Å². The molecule has 1 N–H and O–H groups in total. The summed E-state index contributed by atoms with van der Waals surface area (Å²) in [7, 11) is 2.20. The molecule has 1 saturated carbocycles. The van der Waals surface area contributed by atoms with Gasteiger partial charge in [-0.1, -0.05) is 6.92 Å². The second kappa shape index (κ2) is 7.40. The monoisotopic (exact) mass is 279 g/mol. The summed E-state index contributed by atoms with van der Waals surface area (Å²) in [4.78, 5) is 2.43. The minimum atomic E-state index is -0.306. The summed E-state index contributed by atoms with van der Waals surface area (Å²) in [5, 5.41) is 13.0. The van der Waals surface area contributed by atoms with Crippen molar-refractivity contribution in [1.82, 2.24) is 10.2 Å². The van der Waals surface area contributed by atoms with Crippen molar-refractivity contribution in [2.45, 2.75) is 69.6 Å². The first-order valence-electron chi connectivity index (χ1n) is 8.17. The second-order valence-corrected chi connectivity index (χ2v) is 6.40. The largest absolute Gasteiger partial charge is 0.377 e. The van der Waals surface area contributed by atoms with E-state index < -0.39 is 0 Å². The van der Waals surface area contributed by atoms with Gasteiger partial charge in [-0.05, 0) is 58.5 Å². The third-order valence-electron chi connectivity index (χ3n) is 4.84. The van der Waals surface area contributed by atoms with E-state index in [1.54, 1.807) is 0 Å². The third kappa shape index (κ3) is 3.94. The van der Waals surface area contributed by atoms with Crippen LogP contribution in [0.4, 0.5) is 0 Å². The lowest BCUT2D eigenvalue weighted by Gasteiger charge is -2.41. The molecule has 3 unspecified atom stereocenters. The lowest BCUT2D eigenvalue weighted by atomic mass is 9.79. The van der Waals surface area contributed by atoms with Gasteiger partial charge in [0.15, 0.2) is 0 Å². The zero-order valence-electron chi connectivity index (χ0n) is 13.0. The molecule has 3 atom stereocenters. The SMILES string of the molecule is CCNC1(C#N)CCCC(N(C)CC2CCCCO2)C1. The van der Waals surface area contributed by atoms with E-state index in [1.807, 2.05) is 0 Å². The molecule has 0 radical (unpaired) electrons. The molecular weight excluding hydrogens is 250 g/mol. The van der Waals surface area contributed by atoms with Crippen LogP contribution in [0.25, 0.3) is 0 Å². The molecule has 2 rings (SSSR count). The van der Waals surface area contributed by atoms with E-state index in [9.17, 15) is 5.26 Å².